The maximum Gasteiger partial charge on any atom is 0.216 e. The third-order valence-corrected chi connectivity index (χ3v) is 3.26. The number of benzene rings is 1. The maximum absolute atomic E-state index is 10.8. The van der Waals surface area contributed by atoms with Gasteiger partial charge in [-0.15, -0.1) is 0 Å². The number of nitrogens with zero attached hydrogens (tertiary/aromatic N) is 1. The van der Waals surface area contributed by atoms with Crippen molar-refractivity contribution in [2.45, 2.75) is 19.1 Å². The van der Waals surface area contributed by atoms with Crippen LogP contribution >= 0.6 is 15.9 Å². The number of amides is 1. The highest BCUT2D eigenvalue weighted by Gasteiger charge is 2.22. The van der Waals surface area contributed by atoms with Gasteiger partial charge in [0.25, 0.3) is 0 Å². The van der Waals surface area contributed by atoms with Crippen LogP contribution in [-0.2, 0) is 4.79 Å². The van der Waals surface area contributed by atoms with E-state index < -0.39 is 12.2 Å². The molecule has 4 N–H and O–H groups in total. The average Bonchev–Trinajstić information content (AvgIpc) is 2.77. The standard InChI is InChI=1S/C12H14BrN3O3/c1-6(17)14-5-10(18)12(19)11-8-3-2-7(13)4-9(8)15-16-11/h2-4,10,12,18-19H,5H2,1H3,(H,14,17)(H,15,16). The van der Waals surface area contributed by atoms with Crippen LogP contribution in [0.5, 0.6) is 0 Å². The monoisotopic (exact) mass is 327 g/mol. The smallest absolute Gasteiger partial charge is 0.216 e. The van der Waals surface area contributed by atoms with Crippen LogP contribution in [0.4, 0.5) is 0 Å². The van der Waals surface area contributed by atoms with Gasteiger partial charge in [0.05, 0.1) is 11.2 Å². The van der Waals surface area contributed by atoms with Crippen LogP contribution in [-0.4, -0.2) is 39.0 Å². The molecule has 0 aliphatic heterocycles. The Hall–Kier alpha value is -1.44. The lowest BCUT2D eigenvalue weighted by atomic mass is 10.1. The van der Waals surface area contributed by atoms with Crippen molar-refractivity contribution in [1.29, 1.82) is 0 Å². The van der Waals surface area contributed by atoms with Crippen LogP contribution in [0.2, 0.25) is 0 Å². The first-order valence-corrected chi connectivity index (χ1v) is 6.52. The number of H-pyrrole nitrogens is 1. The predicted octanol–water partition coefficient (Wildman–Crippen LogP) is 0.856. The lowest BCUT2D eigenvalue weighted by Gasteiger charge is -2.17. The lowest BCUT2D eigenvalue weighted by Crippen LogP contribution is -2.34. The van der Waals surface area contributed by atoms with E-state index in [0.717, 1.165) is 9.86 Å². The zero-order chi connectivity index (χ0) is 14.0. The summed E-state index contributed by atoms with van der Waals surface area (Å²) >= 11 is 3.34. The van der Waals surface area contributed by atoms with E-state index in [1.54, 1.807) is 6.07 Å². The fraction of sp³-hybridized carbons (Fsp3) is 0.333. The molecule has 1 aromatic heterocycles. The van der Waals surface area contributed by atoms with Crippen LogP contribution in [0.25, 0.3) is 10.9 Å². The first-order valence-electron chi connectivity index (χ1n) is 5.73. The van der Waals surface area contributed by atoms with E-state index in [1.165, 1.54) is 6.92 Å². The van der Waals surface area contributed by atoms with Gasteiger partial charge in [0.15, 0.2) is 0 Å². The summed E-state index contributed by atoms with van der Waals surface area (Å²) < 4.78 is 0.881. The molecule has 0 bridgehead atoms. The van der Waals surface area contributed by atoms with Gasteiger partial charge in [0, 0.05) is 23.3 Å². The summed E-state index contributed by atoms with van der Waals surface area (Å²) in [6.07, 6.45) is -2.24. The van der Waals surface area contributed by atoms with Gasteiger partial charge < -0.3 is 15.5 Å². The van der Waals surface area contributed by atoms with Crippen molar-refractivity contribution in [2.24, 2.45) is 0 Å². The summed E-state index contributed by atoms with van der Waals surface area (Å²) in [6, 6.07) is 5.43. The number of aliphatic hydroxyl groups excluding tert-OH is 2. The Morgan fingerprint density at radius 1 is 1.53 bits per heavy atom. The van der Waals surface area contributed by atoms with Crippen molar-refractivity contribution in [3.8, 4) is 0 Å². The second-order valence-electron chi connectivity index (χ2n) is 4.25. The number of aromatic nitrogens is 2. The molecule has 2 aromatic rings. The van der Waals surface area contributed by atoms with Gasteiger partial charge in [-0.05, 0) is 18.2 Å². The van der Waals surface area contributed by atoms with Gasteiger partial charge in [-0.3, -0.25) is 9.89 Å². The zero-order valence-corrected chi connectivity index (χ0v) is 11.8. The largest absolute Gasteiger partial charge is 0.388 e. The number of nitrogens with one attached hydrogen (secondary N) is 2. The molecule has 0 radical (unpaired) electrons. The average molecular weight is 328 g/mol. The van der Waals surface area contributed by atoms with Crippen molar-refractivity contribution in [1.82, 2.24) is 15.5 Å². The second-order valence-corrected chi connectivity index (χ2v) is 5.16. The number of halogens is 1. The van der Waals surface area contributed by atoms with E-state index >= 15 is 0 Å². The van der Waals surface area contributed by atoms with E-state index in [0.29, 0.717) is 11.2 Å². The maximum atomic E-state index is 10.8. The Kier molecular flexibility index (Phi) is 4.18. The van der Waals surface area contributed by atoms with Crippen molar-refractivity contribution in [3.05, 3.63) is 28.4 Å². The Morgan fingerprint density at radius 3 is 2.95 bits per heavy atom. The van der Waals surface area contributed by atoms with Gasteiger partial charge in [0.1, 0.15) is 12.2 Å². The molecule has 0 saturated carbocycles. The van der Waals surface area contributed by atoms with Crippen LogP contribution in [0, 0.1) is 0 Å². The number of carbonyl (C=O) groups excluding carboxylic acids is 1. The third-order valence-electron chi connectivity index (χ3n) is 2.77. The molecule has 6 nitrogen and oxygen atoms in total. The number of hydrogen-bond acceptors (Lipinski definition) is 4. The SMILES string of the molecule is CC(=O)NCC(O)C(O)c1[nH]nc2cc(Br)ccc12. The molecule has 102 valence electrons. The molecule has 1 heterocycles. The minimum atomic E-state index is -1.14. The molecule has 2 atom stereocenters. The minimum Gasteiger partial charge on any atom is -0.388 e. The highest BCUT2D eigenvalue weighted by atomic mass is 79.9. The Bertz CT molecular complexity index is 599. The molecule has 0 saturated heterocycles. The van der Waals surface area contributed by atoms with Gasteiger partial charge in [-0.2, -0.15) is 5.10 Å². The van der Waals surface area contributed by atoms with Crippen molar-refractivity contribution < 1.29 is 15.0 Å². The van der Waals surface area contributed by atoms with E-state index in [9.17, 15) is 15.0 Å². The van der Waals surface area contributed by atoms with Crippen molar-refractivity contribution in [3.63, 3.8) is 0 Å². The topological polar surface area (TPSA) is 98.2 Å². The van der Waals surface area contributed by atoms with Gasteiger partial charge in [-0.25, -0.2) is 0 Å². The first kappa shape index (κ1) is 14.0. The summed E-state index contributed by atoms with van der Waals surface area (Å²) in [5.41, 5.74) is 1.12. The quantitative estimate of drug-likeness (QED) is 0.669. The molecule has 0 aliphatic rings. The normalized spacial score (nSPS) is 14.3. The second kappa shape index (κ2) is 5.68. The Labute approximate surface area is 118 Å². The van der Waals surface area contributed by atoms with Crippen LogP contribution in [0.1, 0.15) is 18.7 Å². The number of hydrogen-bond donors (Lipinski definition) is 4. The minimum absolute atomic E-state index is 0.0203. The molecule has 2 unspecified atom stereocenters. The van der Waals surface area contributed by atoms with E-state index in [4.69, 9.17) is 0 Å². The number of carbonyl (C=O) groups is 1. The van der Waals surface area contributed by atoms with E-state index in [1.807, 2.05) is 12.1 Å². The van der Waals surface area contributed by atoms with Crippen LogP contribution in [0.3, 0.4) is 0 Å². The fourth-order valence-corrected chi connectivity index (χ4v) is 2.13. The number of aliphatic hydroxyl groups is 2. The Morgan fingerprint density at radius 2 is 2.26 bits per heavy atom. The first-order chi connectivity index (χ1) is 8.99. The highest BCUT2D eigenvalue weighted by molar-refractivity contribution is 9.10. The van der Waals surface area contributed by atoms with Gasteiger partial charge in [-0.1, -0.05) is 15.9 Å². The summed E-state index contributed by atoms with van der Waals surface area (Å²) in [4.78, 5) is 10.8. The molecule has 19 heavy (non-hydrogen) atoms. The molecule has 0 fully saturated rings. The lowest BCUT2D eigenvalue weighted by molar-refractivity contribution is -0.119. The van der Waals surface area contributed by atoms with Gasteiger partial charge in [0.2, 0.25) is 5.91 Å². The molecule has 0 aliphatic carbocycles. The number of rotatable bonds is 4. The third kappa shape index (κ3) is 3.12. The summed E-state index contributed by atoms with van der Waals surface area (Å²) in [7, 11) is 0. The van der Waals surface area contributed by atoms with E-state index in [-0.39, 0.29) is 12.5 Å². The molecule has 2 rings (SSSR count). The van der Waals surface area contributed by atoms with Crippen molar-refractivity contribution in [2.75, 3.05) is 6.54 Å². The van der Waals surface area contributed by atoms with E-state index in [2.05, 4.69) is 31.4 Å². The van der Waals surface area contributed by atoms with Crippen LogP contribution in [0.15, 0.2) is 22.7 Å². The predicted molar refractivity (Wildman–Crippen MR) is 73.4 cm³/mol. The zero-order valence-electron chi connectivity index (χ0n) is 10.2. The molecule has 1 amide bonds. The summed E-state index contributed by atoms with van der Waals surface area (Å²) in [5, 5.41) is 29.9. The number of aromatic amines is 1. The summed E-state index contributed by atoms with van der Waals surface area (Å²) in [5.74, 6) is -0.260. The molecule has 7 heteroatoms. The van der Waals surface area contributed by atoms with Crippen molar-refractivity contribution >= 4 is 32.7 Å². The number of fused-ring (bicyclic) bond motifs is 1. The Balaban J connectivity index is 2.21. The molecule has 0 spiro atoms. The molecular formula is C12H14BrN3O3. The molecule has 1 aromatic carbocycles. The summed E-state index contributed by atoms with van der Waals surface area (Å²) in [6.45, 7) is 1.33. The van der Waals surface area contributed by atoms with Crippen LogP contribution < -0.4 is 5.32 Å². The van der Waals surface area contributed by atoms with Gasteiger partial charge >= 0.3 is 0 Å². The fourth-order valence-electron chi connectivity index (χ4n) is 1.78. The molecular weight excluding hydrogens is 314 g/mol. The highest BCUT2D eigenvalue weighted by Crippen LogP contribution is 2.26.